The van der Waals surface area contributed by atoms with Gasteiger partial charge in [-0.05, 0) is 17.5 Å². The summed E-state index contributed by atoms with van der Waals surface area (Å²) in [4.78, 5) is 12.7. The number of para-hydroxylation sites is 1. The first kappa shape index (κ1) is 15.5. The fraction of sp³-hybridized carbons (Fsp3) is 0.312. The highest BCUT2D eigenvalue weighted by Crippen LogP contribution is 2.24. The Balaban J connectivity index is 2.07. The van der Waals surface area contributed by atoms with Crippen LogP contribution in [-0.2, 0) is 16.1 Å². The zero-order valence-corrected chi connectivity index (χ0v) is 13.0. The van der Waals surface area contributed by atoms with Gasteiger partial charge in [0, 0.05) is 17.0 Å². The Kier molecular flexibility index (Phi) is 5.78. The van der Waals surface area contributed by atoms with Crippen LogP contribution in [0.3, 0.4) is 0 Å². The van der Waals surface area contributed by atoms with Gasteiger partial charge in [-0.15, -0.1) is 11.3 Å². The van der Waals surface area contributed by atoms with Gasteiger partial charge in [0.15, 0.2) is 0 Å². The molecule has 0 aliphatic heterocycles. The number of hydrogen-bond acceptors (Lipinski definition) is 5. The van der Waals surface area contributed by atoms with Crippen molar-refractivity contribution >= 4 is 17.3 Å². The van der Waals surface area contributed by atoms with E-state index in [-0.39, 0.29) is 12.0 Å². The quantitative estimate of drug-likeness (QED) is 0.798. The van der Waals surface area contributed by atoms with Crippen molar-refractivity contribution in [3.8, 4) is 5.75 Å². The van der Waals surface area contributed by atoms with Gasteiger partial charge < -0.3 is 14.8 Å². The predicted octanol–water partition coefficient (Wildman–Crippen LogP) is 3.15. The maximum absolute atomic E-state index is 11.6. The third-order valence-corrected chi connectivity index (χ3v) is 4.20. The minimum Gasteiger partial charge on any atom is -0.496 e. The van der Waals surface area contributed by atoms with Crippen LogP contribution in [0.5, 0.6) is 5.75 Å². The van der Waals surface area contributed by atoms with Gasteiger partial charge in [-0.25, -0.2) is 0 Å². The Bertz CT molecular complexity index is 569. The molecule has 1 N–H and O–H groups in total. The van der Waals surface area contributed by atoms with Crippen molar-refractivity contribution in [1.29, 1.82) is 0 Å². The number of ether oxygens (including phenoxy) is 2. The van der Waals surface area contributed by atoms with Crippen molar-refractivity contribution in [2.24, 2.45) is 0 Å². The highest BCUT2D eigenvalue weighted by Gasteiger charge is 2.17. The SMILES string of the molecule is COC(=O)CC(NCc1ccccc1OC)c1cccs1. The topological polar surface area (TPSA) is 47.6 Å². The second-order valence-corrected chi connectivity index (χ2v) is 5.52. The molecule has 0 radical (unpaired) electrons. The number of thiophene rings is 1. The third kappa shape index (κ3) is 4.31. The van der Waals surface area contributed by atoms with Crippen LogP contribution >= 0.6 is 11.3 Å². The maximum atomic E-state index is 11.6. The van der Waals surface area contributed by atoms with E-state index in [4.69, 9.17) is 9.47 Å². The van der Waals surface area contributed by atoms with Gasteiger partial charge in [0.25, 0.3) is 0 Å². The molecule has 0 aliphatic carbocycles. The number of carbonyl (C=O) groups excluding carboxylic acids is 1. The van der Waals surface area contributed by atoms with Crippen molar-refractivity contribution in [1.82, 2.24) is 5.32 Å². The fourth-order valence-corrected chi connectivity index (χ4v) is 2.90. The third-order valence-electron chi connectivity index (χ3n) is 3.22. The molecule has 4 nitrogen and oxygen atoms in total. The largest absolute Gasteiger partial charge is 0.496 e. The van der Waals surface area contributed by atoms with Gasteiger partial charge in [0.1, 0.15) is 5.75 Å². The van der Waals surface area contributed by atoms with Crippen molar-refractivity contribution in [2.75, 3.05) is 14.2 Å². The zero-order chi connectivity index (χ0) is 15.1. The first-order valence-electron chi connectivity index (χ1n) is 6.70. The molecule has 0 saturated carbocycles. The van der Waals surface area contributed by atoms with Crippen LogP contribution in [-0.4, -0.2) is 20.2 Å². The molecule has 2 aromatic rings. The monoisotopic (exact) mass is 305 g/mol. The lowest BCUT2D eigenvalue weighted by atomic mass is 10.1. The van der Waals surface area contributed by atoms with Crippen LogP contribution in [0.4, 0.5) is 0 Å². The molecular formula is C16H19NO3S. The number of hydrogen-bond donors (Lipinski definition) is 1. The van der Waals surface area contributed by atoms with E-state index in [1.165, 1.54) is 7.11 Å². The van der Waals surface area contributed by atoms with Crippen LogP contribution < -0.4 is 10.1 Å². The lowest BCUT2D eigenvalue weighted by Crippen LogP contribution is -2.23. The summed E-state index contributed by atoms with van der Waals surface area (Å²) in [6, 6.07) is 11.8. The summed E-state index contributed by atoms with van der Waals surface area (Å²) in [7, 11) is 3.07. The summed E-state index contributed by atoms with van der Waals surface area (Å²) in [5.41, 5.74) is 1.06. The number of carbonyl (C=O) groups is 1. The molecule has 1 aromatic carbocycles. The number of methoxy groups -OCH3 is 2. The second kappa shape index (κ2) is 7.81. The van der Waals surface area contributed by atoms with Gasteiger partial charge in [-0.1, -0.05) is 24.3 Å². The molecule has 0 fully saturated rings. The number of esters is 1. The van der Waals surface area contributed by atoms with Gasteiger partial charge in [-0.2, -0.15) is 0 Å². The summed E-state index contributed by atoms with van der Waals surface area (Å²) >= 11 is 1.63. The molecule has 0 spiro atoms. The van der Waals surface area contributed by atoms with Crippen molar-refractivity contribution < 1.29 is 14.3 Å². The minimum absolute atomic E-state index is 0.0534. The van der Waals surface area contributed by atoms with Crippen LogP contribution in [0.1, 0.15) is 22.9 Å². The van der Waals surface area contributed by atoms with Crippen LogP contribution in [0.25, 0.3) is 0 Å². The molecule has 1 unspecified atom stereocenters. The normalized spacial score (nSPS) is 11.9. The van der Waals surface area contributed by atoms with E-state index in [1.807, 2.05) is 41.8 Å². The van der Waals surface area contributed by atoms with Gasteiger partial charge in [-0.3, -0.25) is 4.79 Å². The van der Waals surface area contributed by atoms with E-state index in [0.29, 0.717) is 13.0 Å². The predicted molar refractivity (Wildman–Crippen MR) is 83.5 cm³/mol. The van der Waals surface area contributed by atoms with E-state index in [1.54, 1.807) is 18.4 Å². The summed E-state index contributed by atoms with van der Waals surface area (Å²) in [6.07, 6.45) is 0.312. The molecule has 0 saturated heterocycles. The summed E-state index contributed by atoms with van der Waals surface area (Å²) in [6.45, 7) is 0.629. The van der Waals surface area contributed by atoms with Gasteiger partial charge in [0.2, 0.25) is 0 Å². The van der Waals surface area contributed by atoms with E-state index in [0.717, 1.165) is 16.2 Å². The highest BCUT2D eigenvalue weighted by atomic mass is 32.1. The molecular weight excluding hydrogens is 286 g/mol. The van der Waals surface area contributed by atoms with E-state index >= 15 is 0 Å². The maximum Gasteiger partial charge on any atom is 0.307 e. The van der Waals surface area contributed by atoms with E-state index in [9.17, 15) is 4.79 Å². The summed E-state index contributed by atoms with van der Waals surface area (Å²) in [5, 5.41) is 5.41. The molecule has 1 heterocycles. The Morgan fingerprint density at radius 2 is 2.05 bits per heavy atom. The second-order valence-electron chi connectivity index (χ2n) is 4.54. The van der Waals surface area contributed by atoms with Crippen LogP contribution in [0, 0.1) is 0 Å². The lowest BCUT2D eigenvalue weighted by Gasteiger charge is -2.17. The standard InChI is InChI=1S/C16H19NO3S/c1-19-14-7-4-3-6-12(14)11-17-13(10-16(18)20-2)15-8-5-9-21-15/h3-9,13,17H,10-11H2,1-2H3. The summed E-state index contributed by atoms with van der Waals surface area (Å²) < 4.78 is 10.1. The van der Waals surface area contributed by atoms with E-state index in [2.05, 4.69) is 5.32 Å². The molecule has 0 bridgehead atoms. The van der Waals surface area contributed by atoms with Crippen molar-refractivity contribution in [3.05, 3.63) is 52.2 Å². The molecule has 112 valence electrons. The molecule has 1 aromatic heterocycles. The highest BCUT2D eigenvalue weighted by molar-refractivity contribution is 7.10. The molecule has 0 aliphatic rings. The average molecular weight is 305 g/mol. The van der Waals surface area contributed by atoms with Crippen LogP contribution in [0.2, 0.25) is 0 Å². The number of benzene rings is 1. The molecule has 0 amide bonds. The molecule has 1 atom stereocenters. The van der Waals surface area contributed by atoms with Crippen molar-refractivity contribution in [3.63, 3.8) is 0 Å². The minimum atomic E-state index is -0.221. The zero-order valence-electron chi connectivity index (χ0n) is 12.2. The Morgan fingerprint density at radius 1 is 1.24 bits per heavy atom. The summed E-state index contributed by atoms with van der Waals surface area (Å²) in [5.74, 6) is 0.619. The van der Waals surface area contributed by atoms with Gasteiger partial charge >= 0.3 is 5.97 Å². The lowest BCUT2D eigenvalue weighted by molar-refractivity contribution is -0.141. The molecule has 5 heteroatoms. The molecule has 2 rings (SSSR count). The first-order chi connectivity index (χ1) is 10.2. The Labute approximate surface area is 128 Å². The van der Waals surface area contributed by atoms with Gasteiger partial charge in [0.05, 0.1) is 26.7 Å². The number of nitrogens with one attached hydrogen (secondary N) is 1. The number of rotatable bonds is 7. The van der Waals surface area contributed by atoms with E-state index < -0.39 is 0 Å². The Hall–Kier alpha value is -1.85. The van der Waals surface area contributed by atoms with Crippen LogP contribution in [0.15, 0.2) is 41.8 Å². The average Bonchev–Trinajstić information content (AvgIpc) is 3.05. The Morgan fingerprint density at radius 3 is 2.71 bits per heavy atom. The fourth-order valence-electron chi connectivity index (χ4n) is 2.10. The smallest absolute Gasteiger partial charge is 0.307 e. The van der Waals surface area contributed by atoms with Crippen molar-refractivity contribution in [2.45, 2.75) is 19.0 Å². The first-order valence-corrected chi connectivity index (χ1v) is 7.58. The molecule has 21 heavy (non-hydrogen) atoms.